The predicted molar refractivity (Wildman–Crippen MR) is 63.5 cm³/mol. The van der Waals surface area contributed by atoms with Gasteiger partial charge in [0.25, 0.3) is 0 Å². The highest BCUT2D eigenvalue weighted by Crippen LogP contribution is 2.15. The number of halogens is 1. The molecule has 2 rings (SSSR count). The van der Waals surface area contributed by atoms with Crippen molar-refractivity contribution in [3.8, 4) is 0 Å². The van der Waals surface area contributed by atoms with Crippen LogP contribution in [0.15, 0.2) is 27.8 Å². The normalized spacial score (nSPS) is 21.2. The fourth-order valence-corrected chi connectivity index (χ4v) is 3.36. The van der Waals surface area contributed by atoms with Gasteiger partial charge in [-0.25, -0.2) is 13.1 Å². The van der Waals surface area contributed by atoms with Crippen molar-refractivity contribution in [3.05, 3.63) is 22.9 Å². The van der Waals surface area contributed by atoms with Crippen molar-refractivity contribution < 1.29 is 8.42 Å². The Morgan fingerprint density at radius 1 is 1.50 bits per heavy atom. The van der Waals surface area contributed by atoms with Crippen LogP contribution < -0.4 is 10.0 Å². The third-order valence-corrected chi connectivity index (χ3v) is 4.29. The summed E-state index contributed by atoms with van der Waals surface area (Å²) in [6.45, 7) is 1.53. The van der Waals surface area contributed by atoms with Gasteiger partial charge in [-0.1, -0.05) is 0 Å². The maximum absolute atomic E-state index is 11.9. The molecule has 1 aromatic heterocycles. The Kier molecular flexibility index (Phi) is 3.58. The van der Waals surface area contributed by atoms with Crippen molar-refractivity contribution in [2.75, 3.05) is 13.1 Å². The van der Waals surface area contributed by atoms with Gasteiger partial charge in [0.1, 0.15) is 4.90 Å². The summed E-state index contributed by atoms with van der Waals surface area (Å²) in [6, 6.07) is 1.52. The first-order valence-corrected chi connectivity index (χ1v) is 7.19. The van der Waals surface area contributed by atoms with Crippen LogP contribution in [0.4, 0.5) is 0 Å². The Morgan fingerprint density at radius 2 is 2.31 bits per heavy atom. The standard InChI is InChI=1S/C9H12BrN3O2S/c10-7-3-9(6-12-4-7)16(14,15)13-8-1-2-11-5-8/h3-4,6,8,11,13H,1-2,5H2/t8-/m1/s1. The van der Waals surface area contributed by atoms with Crippen LogP contribution in [0.5, 0.6) is 0 Å². The van der Waals surface area contributed by atoms with E-state index in [2.05, 4.69) is 31.0 Å². The fraction of sp³-hybridized carbons (Fsp3) is 0.444. The van der Waals surface area contributed by atoms with Crippen LogP contribution in [0.25, 0.3) is 0 Å². The molecule has 0 amide bonds. The zero-order chi connectivity index (χ0) is 11.6. The van der Waals surface area contributed by atoms with Crippen molar-refractivity contribution in [3.63, 3.8) is 0 Å². The van der Waals surface area contributed by atoms with Gasteiger partial charge in [0.15, 0.2) is 0 Å². The smallest absolute Gasteiger partial charge is 0.242 e. The largest absolute Gasteiger partial charge is 0.315 e. The average molecular weight is 306 g/mol. The highest BCUT2D eigenvalue weighted by Gasteiger charge is 2.22. The summed E-state index contributed by atoms with van der Waals surface area (Å²) < 4.78 is 27.2. The molecule has 16 heavy (non-hydrogen) atoms. The van der Waals surface area contributed by atoms with E-state index in [4.69, 9.17) is 0 Å². The van der Waals surface area contributed by atoms with Crippen molar-refractivity contribution >= 4 is 26.0 Å². The molecule has 0 aliphatic carbocycles. The number of sulfonamides is 1. The Morgan fingerprint density at radius 3 is 2.94 bits per heavy atom. The van der Waals surface area contributed by atoms with Gasteiger partial charge in [-0.2, -0.15) is 0 Å². The van der Waals surface area contributed by atoms with Crippen LogP contribution in [0.3, 0.4) is 0 Å². The molecule has 88 valence electrons. The lowest BCUT2D eigenvalue weighted by Gasteiger charge is -2.11. The minimum Gasteiger partial charge on any atom is -0.315 e. The Labute approximate surface area is 103 Å². The topological polar surface area (TPSA) is 71.1 Å². The second-order valence-electron chi connectivity index (χ2n) is 3.65. The third-order valence-electron chi connectivity index (χ3n) is 2.37. The number of hydrogen-bond acceptors (Lipinski definition) is 4. The van der Waals surface area contributed by atoms with Crippen LogP contribution in [-0.4, -0.2) is 32.5 Å². The van der Waals surface area contributed by atoms with E-state index in [9.17, 15) is 8.42 Å². The zero-order valence-electron chi connectivity index (χ0n) is 8.48. The highest BCUT2D eigenvalue weighted by molar-refractivity contribution is 9.10. The van der Waals surface area contributed by atoms with Gasteiger partial charge in [-0.3, -0.25) is 4.98 Å². The van der Waals surface area contributed by atoms with Crippen molar-refractivity contribution in [1.29, 1.82) is 0 Å². The second-order valence-corrected chi connectivity index (χ2v) is 6.28. The van der Waals surface area contributed by atoms with Crippen molar-refractivity contribution in [1.82, 2.24) is 15.0 Å². The second kappa shape index (κ2) is 4.79. The van der Waals surface area contributed by atoms with E-state index in [-0.39, 0.29) is 10.9 Å². The summed E-state index contributed by atoms with van der Waals surface area (Å²) in [5, 5.41) is 3.11. The van der Waals surface area contributed by atoms with Crippen molar-refractivity contribution in [2.24, 2.45) is 0 Å². The van der Waals surface area contributed by atoms with Crippen LogP contribution in [0.2, 0.25) is 0 Å². The van der Waals surface area contributed by atoms with E-state index in [0.717, 1.165) is 13.0 Å². The molecule has 1 saturated heterocycles. The van der Waals surface area contributed by atoms with E-state index < -0.39 is 10.0 Å². The van der Waals surface area contributed by atoms with Crippen LogP contribution in [-0.2, 0) is 10.0 Å². The summed E-state index contributed by atoms with van der Waals surface area (Å²) in [5.74, 6) is 0. The van der Waals surface area contributed by atoms with E-state index in [0.29, 0.717) is 11.0 Å². The Hall–Kier alpha value is -0.500. The first-order valence-electron chi connectivity index (χ1n) is 4.91. The monoisotopic (exact) mass is 305 g/mol. The predicted octanol–water partition coefficient (Wildman–Crippen LogP) is 0.484. The summed E-state index contributed by atoms with van der Waals surface area (Å²) in [4.78, 5) is 4.03. The number of rotatable bonds is 3. The lowest BCUT2D eigenvalue weighted by Crippen LogP contribution is -2.36. The van der Waals surface area contributed by atoms with Gasteiger partial charge in [-0.05, 0) is 35.0 Å². The van der Waals surface area contributed by atoms with Crippen LogP contribution in [0.1, 0.15) is 6.42 Å². The quantitative estimate of drug-likeness (QED) is 0.852. The summed E-state index contributed by atoms with van der Waals surface area (Å²) >= 11 is 3.20. The van der Waals surface area contributed by atoms with Gasteiger partial charge in [-0.15, -0.1) is 0 Å². The summed E-state index contributed by atoms with van der Waals surface area (Å²) in [5.41, 5.74) is 0. The Bertz CT molecular complexity index is 471. The highest BCUT2D eigenvalue weighted by atomic mass is 79.9. The van der Waals surface area contributed by atoms with Gasteiger partial charge in [0.05, 0.1) is 0 Å². The van der Waals surface area contributed by atoms with Gasteiger partial charge in [0.2, 0.25) is 10.0 Å². The van der Waals surface area contributed by atoms with Gasteiger partial charge >= 0.3 is 0 Å². The Balaban J connectivity index is 2.18. The molecule has 0 spiro atoms. The SMILES string of the molecule is O=S(=O)(N[C@@H]1CCNC1)c1cncc(Br)c1. The molecular formula is C9H12BrN3O2S. The molecule has 0 radical (unpaired) electrons. The molecule has 0 aromatic carbocycles. The fourth-order valence-electron chi connectivity index (χ4n) is 1.58. The number of pyridine rings is 1. The van der Waals surface area contributed by atoms with E-state index in [1.165, 1.54) is 12.3 Å². The molecule has 5 nitrogen and oxygen atoms in total. The molecule has 1 atom stereocenters. The first-order chi connectivity index (χ1) is 7.58. The van der Waals surface area contributed by atoms with E-state index in [1.807, 2.05) is 0 Å². The molecule has 0 unspecified atom stereocenters. The molecule has 0 bridgehead atoms. The third kappa shape index (κ3) is 2.79. The number of aromatic nitrogens is 1. The molecule has 7 heteroatoms. The lowest BCUT2D eigenvalue weighted by atomic mass is 10.3. The zero-order valence-corrected chi connectivity index (χ0v) is 10.9. The van der Waals surface area contributed by atoms with Crippen LogP contribution >= 0.6 is 15.9 Å². The maximum Gasteiger partial charge on any atom is 0.242 e. The van der Waals surface area contributed by atoms with Gasteiger partial charge in [0, 0.05) is 29.5 Å². The minimum absolute atomic E-state index is 0.0241. The molecule has 1 aromatic rings. The first kappa shape index (κ1) is 12.0. The summed E-state index contributed by atoms with van der Waals surface area (Å²) in [7, 11) is -3.45. The molecular weight excluding hydrogens is 294 g/mol. The minimum atomic E-state index is -3.45. The molecule has 2 heterocycles. The molecule has 0 saturated carbocycles. The van der Waals surface area contributed by atoms with E-state index in [1.54, 1.807) is 6.20 Å². The summed E-state index contributed by atoms with van der Waals surface area (Å²) in [6.07, 6.45) is 3.71. The number of hydrogen-bond donors (Lipinski definition) is 2. The number of nitrogens with one attached hydrogen (secondary N) is 2. The molecule has 1 fully saturated rings. The molecule has 1 aliphatic rings. The lowest BCUT2D eigenvalue weighted by molar-refractivity contribution is 0.559. The molecule has 2 N–H and O–H groups in total. The van der Waals surface area contributed by atoms with Gasteiger partial charge < -0.3 is 5.32 Å². The molecule has 1 aliphatic heterocycles. The average Bonchev–Trinajstić information content (AvgIpc) is 2.70. The number of nitrogens with zero attached hydrogens (tertiary/aromatic N) is 1. The van der Waals surface area contributed by atoms with Crippen LogP contribution in [0, 0.1) is 0 Å². The van der Waals surface area contributed by atoms with E-state index >= 15 is 0 Å². The van der Waals surface area contributed by atoms with Crippen molar-refractivity contribution in [2.45, 2.75) is 17.4 Å². The maximum atomic E-state index is 11.9.